The Morgan fingerprint density at radius 2 is 1.95 bits per heavy atom. The number of carbonyl (C=O) groups excluding carboxylic acids is 1. The average molecular weight is 323 g/mol. The van der Waals surface area contributed by atoms with Gasteiger partial charge in [-0.1, -0.05) is 23.1 Å². The molecule has 0 unspecified atom stereocenters. The van der Waals surface area contributed by atoms with Gasteiger partial charge in [0, 0.05) is 44.3 Å². The minimum absolute atomic E-state index is 0.0657. The Hall–Kier alpha value is -1.80. The fourth-order valence-electron chi connectivity index (χ4n) is 1.55. The van der Waals surface area contributed by atoms with Crippen molar-refractivity contribution in [1.29, 1.82) is 0 Å². The third kappa shape index (κ3) is 3.64. The van der Waals surface area contributed by atoms with Gasteiger partial charge in [-0.05, 0) is 18.2 Å². The molecule has 1 amide bonds. The summed E-state index contributed by atoms with van der Waals surface area (Å²) in [6, 6.07) is 5.31. The third-order valence-electron chi connectivity index (χ3n) is 2.64. The van der Waals surface area contributed by atoms with Crippen molar-refractivity contribution in [2.24, 2.45) is 0 Å². The lowest BCUT2D eigenvalue weighted by molar-refractivity contribution is 0.0827. The number of nitrogens with zero attached hydrogens (tertiary/aromatic N) is 4. The number of aromatic nitrogens is 2. The second kappa shape index (κ2) is 6.31. The molecule has 21 heavy (non-hydrogen) atoms. The van der Waals surface area contributed by atoms with Crippen molar-refractivity contribution >= 4 is 39.8 Å². The molecule has 0 radical (unpaired) electrons. The summed E-state index contributed by atoms with van der Waals surface area (Å²) in [5.41, 5.74) is 7.17. The van der Waals surface area contributed by atoms with Crippen LogP contribution in [0.4, 0.5) is 10.8 Å². The van der Waals surface area contributed by atoms with Crippen molar-refractivity contribution in [2.45, 2.75) is 9.24 Å². The first-order valence-corrected chi connectivity index (χ1v) is 7.81. The van der Waals surface area contributed by atoms with Crippen LogP contribution in [0.3, 0.4) is 0 Å². The number of rotatable bonds is 4. The number of nitrogens with two attached hydrogens (primary N) is 1. The zero-order valence-electron chi connectivity index (χ0n) is 12.3. The first-order chi connectivity index (χ1) is 9.88. The molecular formula is C13H17N5OS2. The van der Waals surface area contributed by atoms with E-state index < -0.39 is 0 Å². The van der Waals surface area contributed by atoms with Gasteiger partial charge in [0.05, 0.1) is 0 Å². The predicted molar refractivity (Wildman–Crippen MR) is 87.2 cm³/mol. The molecule has 2 rings (SSSR count). The van der Waals surface area contributed by atoms with Crippen molar-refractivity contribution in [3.63, 3.8) is 0 Å². The molecule has 0 bridgehead atoms. The van der Waals surface area contributed by atoms with Crippen LogP contribution in [0.1, 0.15) is 10.4 Å². The van der Waals surface area contributed by atoms with E-state index in [1.165, 1.54) is 28.0 Å². The van der Waals surface area contributed by atoms with Crippen LogP contribution in [0.15, 0.2) is 27.4 Å². The van der Waals surface area contributed by atoms with Crippen LogP contribution < -0.4 is 10.6 Å². The van der Waals surface area contributed by atoms with E-state index in [4.69, 9.17) is 5.73 Å². The molecule has 0 saturated heterocycles. The van der Waals surface area contributed by atoms with E-state index in [0.29, 0.717) is 11.3 Å². The molecule has 8 heteroatoms. The smallest absolute Gasteiger partial charge is 0.253 e. The molecule has 0 aliphatic heterocycles. The molecule has 2 aromatic rings. The van der Waals surface area contributed by atoms with Crippen molar-refractivity contribution in [2.75, 3.05) is 38.8 Å². The highest BCUT2D eigenvalue weighted by Crippen LogP contribution is 2.36. The summed E-state index contributed by atoms with van der Waals surface area (Å²) >= 11 is 2.95. The number of nitrogen functional groups attached to an aromatic ring is 1. The number of hydrogen-bond donors (Lipinski definition) is 1. The van der Waals surface area contributed by atoms with Crippen LogP contribution in [0, 0.1) is 0 Å². The Morgan fingerprint density at radius 3 is 2.48 bits per heavy atom. The highest BCUT2D eigenvalue weighted by atomic mass is 32.2. The lowest BCUT2D eigenvalue weighted by Gasteiger charge is -2.11. The van der Waals surface area contributed by atoms with E-state index in [1.807, 2.05) is 25.1 Å². The first kappa shape index (κ1) is 15.6. The number of amides is 1. The number of carbonyl (C=O) groups is 1. The zero-order chi connectivity index (χ0) is 15.6. The van der Waals surface area contributed by atoms with Gasteiger partial charge in [-0.15, -0.1) is 10.2 Å². The monoisotopic (exact) mass is 323 g/mol. The summed E-state index contributed by atoms with van der Waals surface area (Å²) in [6.07, 6.45) is 0. The van der Waals surface area contributed by atoms with E-state index in [2.05, 4.69) is 10.2 Å². The highest BCUT2D eigenvalue weighted by Gasteiger charge is 2.13. The minimum atomic E-state index is -0.0657. The Labute approximate surface area is 132 Å². The maximum Gasteiger partial charge on any atom is 0.253 e. The fraction of sp³-hybridized carbons (Fsp3) is 0.308. The maximum atomic E-state index is 11.9. The Bertz CT molecular complexity index is 654. The standard InChI is InChI=1S/C13H17N5OS2/c1-17(2)11(19)8-5-6-10(9(14)7-8)20-13-16-15-12(21-13)18(3)4/h5-7H,14H2,1-4H3. The molecular weight excluding hydrogens is 306 g/mol. The van der Waals surface area contributed by atoms with Crippen molar-refractivity contribution in [1.82, 2.24) is 15.1 Å². The van der Waals surface area contributed by atoms with Crippen molar-refractivity contribution in [3.05, 3.63) is 23.8 Å². The number of benzene rings is 1. The molecule has 0 atom stereocenters. The Kier molecular flexibility index (Phi) is 4.69. The van der Waals surface area contributed by atoms with Crippen molar-refractivity contribution in [3.8, 4) is 0 Å². The largest absolute Gasteiger partial charge is 0.398 e. The highest BCUT2D eigenvalue weighted by molar-refractivity contribution is 8.01. The average Bonchev–Trinajstić information content (AvgIpc) is 2.89. The Balaban J connectivity index is 2.19. The molecule has 0 spiro atoms. The van der Waals surface area contributed by atoms with E-state index in [1.54, 1.807) is 26.2 Å². The van der Waals surface area contributed by atoms with Gasteiger partial charge in [-0.25, -0.2) is 0 Å². The van der Waals surface area contributed by atoms with Gasteiger partial charge in [0.2, 0.25) is 5.13 Å². The topological polar surface area (TPSA) is 75.4 Å². The molecule has 0 aliphatic rings. The molecule has 0 fully saturated rings. The quantitative estimate of drug-likeness (QED) is 0.868. The fourth-order valence-corrected chi connectivity index (χ4v) is 3.30. The summed E-state index contributed by atoms with van der Waals surface area (Å²) in [5.74, 6) is -0.0657. The van der Waals surface area contributed by atoms with E-state index in [0.717, 1.165) is 14.4 Å². The van der Waals surface area contributed by atoms with Gasteiger partial charge in [-0.2, -0.15) is 0 Å². The van der Waals surface area contributed by atoms with Crippen LogP contribution in [0.25, 0.3) is 0 Å². The van der Waals surface area contributed by atoms with Crippen LogP contribution in [0.2, 0.25) is 0 Å². The zero-order valence-corrected chi connectivity index (χ0v) is 14.0. The number of anilines is 2. The van der Waals surface area contributed by atoms with Gasteiger partial charge in [0.25, 0.3) is 5.91 Å². The summed E-state index contributed by atoms with van der Waals surface area (Å²) in [6.45, 7) is 0. The SMILES string of the molecule is CN(C)C(=O)c1ccc(Sc2nnc(N(C)C)s2)c(N)c1. The maximum absolute atomic E-state index is 11.9. The predicted octanol–water partition coefficient (Wildman–Crippen LogP) is 2.04. The molecule has 1 heterocycles. The van der Waals surface area contributed by atoms with Gasteiger partial charge in [0.15, 0.2) is 4.34 Å². The molecule has 2 N–H and O–H groups in total. The molecule has 6 nitrogen and oxygen atoms in total. The first-order valence-electron chi connectivity index (χ1n) is 6.18. The van der Waals surface area contributed by atoms with Crippen molar-refractivity contribution < 1.29 is 4.79 Å². The summed E-state index contributed by atoms with van der Waals surface area (Å²) in [4.78, 5) is 16.2. The molecule has 0 saturated carbocycles. The summed E-state index contributed by atoms with van der Waals surface area (Å²) in [5, 5.41) is 9.04. The molecule has 1 aromatic heterocycles. The molecule has 0 aliphatic carbocycles. The summed E-state index contributed by atoms with van der Waals surface area (Å²) < 4.78 is 0.817. The number of hydrogen-bond acceptors (Lipinski definition) is 7. The van der Waals surface area contributed by atoms with E-state index >= 15 is 0 Å². The van der Waals surface area contributed by atoms with Gasteiger partial charge in [-0.3, -0.25) is 4.79 Å². The lowest BCUT2D eigenvalue weighted by Crippen LogP contribution is -2.21. The molecule has 112 valence electrons. The normalized spacial score (nSPS) is 10.5. The van der Waals surface area contributed by atoms with Crippen LogP contribution in [0.5, 0.6) is 0 Å². The second-order valence-electron chi connectivity index (χ2n) is 4.80. The van der Waals surface area contributed by atoms with Crippen LogP contribution >= 0.6 is 23.1 Å². The van der Waals surface area contributed by atoms with E-state index in [-0.39, 0.29) is 5.91 Å². The Morgan fingerprint density at radius 1 is 1.24 bits per heavy atom. The van der Waals surface area contributed by atoms with Crippen LogP contribution in [-0.4, -0.2) is 49.2 Å². The van der Waals surface area contributed by atoms with Gasteiger partial charge >= 0.3 is 0 Å². The van der Waals surface area contributed by atoms with Gasteiger partial charge in [0.1, 0.15) is 0 Å². The minimum Gasteiger partial charge on any atom is -0.398 e. The van der Waals surface area contributed by atoms with Crippen LogP contribution in [-0.2, 0) is 0 Å². The molecule has 1 aromatic carbocycles. The van der Waals surface area contributed by atoms with Gasteiger partial charge < -0.3 is 15.5 Å². The second-order valence-corrected chi connectivity index (χ2v) is 7.04. The summed E-state index contributed by atoms with van der Waals surface area (Å²) in [7, 11) is 7.27. The van der Waals surface area contributed by atoms with E-state index in [9.17, 15) is 4.79 Å². The lowest BCUT2D eigenvalue weighted by atomic mass is 10.2. The third-order valence-corrected chi connectivity index (χ3v) is 4.87.